The fourth-order valence-corrected chi connectivity index (χ4v) is 2.09. The summed E-state index contributed by atoms with van der Waals surface area (Å²) >= 11 is 0. The van der Waals surface area contributed by atoms with E-state index in [4.69, 9.17) is 4.74 Å². The molecule has 0 aliphatic rings. The minimum absolute atomic E-state index is 0.228. The molecule has 0 fully saturated rings. The van der Waals surface area contributed by atoms with Gasteiger partial charge in [0.25, 0.3) is 0 Å². The highest BCUT2D eigenvalue weighted by Crippen LogP contribution is 2.21. The number of amides is 1. The quantitative estimate of drug-likeness (QED) is 0.543. The molecule has 1 atom stereocenters. The Morgan fingerprint density at radius 3 is 2.77 bits per heavy atom. The van der Waals surface area contributed by atoms with Crippen molar-refractivity contribution < 1.29 is 19.4 Å². The number of hydrogen-bond acceptors (Lipinski definition) is 3. The van der Waals surface area contributed by atoms with Crippen LogP contribution < -0.4 is 5.32 Å². The first-order chi connectivity index (χ1) is 10.5. The molecule has 1 rings (SSSR count). The summed E-state index contributed by atoms with van der Waals surface area (Å²) < 4.78 is 5.19. The van der Waals surface area contributed by atoms with E-state index in [0.29, 0.717) is 25.2 Å². The Kier molecular flexibility index (Phi) is 7.32. The van der Waals surface area contributed by atoms with Gasteiger partial charge in [0, 0.05) is 13.0 Å². The Bertz CT molecular complexity index is 539. The first kappa shape index (κ1) is 17.9. The number of carbonyl (C=O) groups is 2. The largest absolute Gasteiger partial charge is 0.479 e. The van der Waals surface area contributed by atoms with Crippen LogP contribution in [0.3, 0.4) is 0 Å². The molecule has 0 radical (unpaired) electrons. The molecule has 5 nitrogen and oxygen atoms in total. The molecule has 22 heavy (non-hydrogen) atoms. The number of ether oxygens (including phenoxy) is 1. The van der Waals surface area contributed by atoms with E-state index in [9.17, 15) is 14.7 Å². The molecule has 1 aromatic carbocycles. The fourth-order valence-electron chi connectivity index (χ4n) is 2.09. The maximum Gasteiger partial charge on any atom is 0.330 e. The summed E-state index contributed by atoms with van der Waals surface area (Å²) in [5.41, 5.74) is 2.49. The SMILES string of the molecule is C=CCOCCCC(=O)NC(C(=O)O)c1cccc(C)c1C. The molecule has 0 bridgehead atoms. The second-order valence-electron chi connectivity index (χ2n) is 5.10. The van der Waals surface area contributed by atoms with Crippen LogP contribution in [0.1, 0.15) is 35.6 Å². The first-order valence-electron chi connectivity index (χ1n) is 7.24. The number of hydrogen-bond donors (Lipinski definition) is 2. The number of aliphatic carboxylic acids is 1. The van der Waals surface area contributed by atoms with Crippen molar-refractivity contribution >= 4 is 11.9 Å². The number of rotatable bonds is 9. The predicted octanol–water partition coefficient (Wildman–Crippen LogP) is 2.53. The van der Waals surface area contributed by atoms with Gasteiger partial charge >= 0.3 is 5.97 Å². The third-order valence-electron chi connectivity index (χ3n) is 3.44. The molecular weight excluding hydrogens is 282 g/mol. The smallest absolute Gasteiger partial charge is 0.330 e. The zero-order chi connectivity index (χ0) is 16.5. The molecule has 2 N–H and O–H groups in total. The third kappa shape index (κ3) is 5.33. The lowest BCUT2D eigenvalue weighted by molar-refractivity contribution is -0.142. The van der Waals surface area contributed by atoms with E-state index < -0.39 is 12.0 Å². The van der Waals surface area contributed by atoms with Crippen molar-refractivity contribution in [1.82, 2.24) is 5.32 Å². The Balaban J connectivity index is 2.65. The van der Waals surface area contributed by atoms with E-state index >= 15 is 0 Å². The average molecular weight is 305 g/mol. The van der Waals surface area contributed by atoms with E-state index in [1.807, 2.05) is 19.9 Å². The van der Waals surface area contributed by atoms with Gasteiger partial charge in [0.05, 0.1) is 6.61 Å². The topological polar surface area (TPSA) is 75.6 Å². The normalized spacial score (nSPS) is 11.7. The van der Waals surface area contributed by atoms with Gasteiger partial charge in [0.1, 0.15) is 0 Å². The van der Waals surface area contributed by atoms with Crippen LogP contribution in [0.15, 0.2) is 30.9 Å². The van der Waals surface area contributed by atoms with Gasteiger partial charge in [-0.3, -0.25) is 4.79 Å². The van der Waals surface area contributed by atoms with E-state index in [1.54, 1.807) is 18.2 Å². The average Bonchev–Trinajstić information content (AvgIpc) is 2.47. The number of nitrogens with one attached hydrogen (secondary N) is 1. The van der Waals surface area contributed by atoms with Gasteiger partial charge in [-0.2, -0.15) is 0 Å². The van der Waals surface area contributed by atoms with Crippen molar-refractivity contribution in [3.05, 3.63) is 47.5 Å². The number of carboxylic acid groups (broad SMARTS) is 1. The van der Waals surface area contributed by atoms with Crippen molar-refractivity contribution in [2.75, 3.05) is 13.2 Å². The summed E-state index contributed by atoms with van der Waals surface area (Å²) in [6.07, 6.45) is 2.41. The van der Waals surface area contributed by atoms with Crippen LogP contribution in [0.4, 0.5) is 0 Å². The lowest BCUT2D eigenvalue weighted by Gasteiger charge is -2.18. The predicted molar refractivity (Wildman–Crippen MR) is 84.7 cm³/mol. The maximum atomic E-state index is 11.9. The van der Waals surface area contributed by atoms with E-state index in [0.717, 1.165) is 11.1 Å². The van der Waals surface area contributed by atoms with Crippen LogP contribution in [0.25, 0.3) is 0 Å². The fraction of sp³-hybridized carbons (Fsp3) is 0.412. The van der Waals surface area contributed by atoms with Gasteiger partial charge in [0.2, 0.25) is 5.91 Å². The Labute approximate surface area is 131 Å². The molecule has 0 heterocycles. The van der Waals surface area contributed by atoms with Gasteiger partial charge in [-0.1, -0.05) is 24.3 Å². The van der Waals surface area contributed by atoms with Crippen LogP contribution in [-0.4, -0.2) is 30.2 Å². The highest BCUT2D eigenvalue weighted by Gasteiger charge is 2.23. The van der Waals surface area contributed by atoms with E-state index in [1.165, 1.54) is 0 Å². The molecular formula is C17H23NO4. The van der Waals surface area contributed by atoms with Crippen molar-refractivity contribution in [1.29, 1.82) is 0 Å². The molecule has 0 saturated carbocycles. The molecule has 0 aliphatic heterocycles. The number of carboxylic acids is 1. The zero-order valence-corrected chi connectivity index (χ0v) is 13.1. The number of benzene rings is 1. The Morgan fingerprint density at radius 1 is 1.41 bits per heavy atom. The van der Waals surface area contributed by atoms with Gasteiger partial charge in [-0.15, -0.1) is 6.58 Å². The van der Waals surface area contributed by atoms with Gasteiger partial charge in [0.15, 0.2) is 6.04 Å². The molecule has 0 aromatic heterocycles. The first-order valence-corrected chi connectivity index (χ1v) is 7.24. The van der Waals surface area contributed by atoms with Crippen LogP contribution in [0.5, 0.6) is 0 Å². The molecule has 1 aromatic rings. The molecule has 120 valence electrons. The summed E-state index contributed by atoms with van der Waals surface area (Å²) in [7, 11) is 0. The lowest BCUT2D eigenvalue weighted by atomic mass is 9.97. The second kappa shape index (κ2) is 9.00. The molecule has 1 amide bonds. The molecule has 5 heteroatoms. The highest BCUT2D eigenvalue weighted by molar-refractivity contribution is 5.84. The van der Waals surface area contributed by atoms with E-state index in [2.05, 4.69) is 11.9 Å². The lowest BCUT2D eigenvalue weighted by Crippen LogP contribution is -2.34. The van der Waals surface area contributed by atoms with Gasteiger partial charge < -0.3 is 15.2 Å². The van der Waals surface area contributed by atoms with Crippen LogP contribution >= 0.6 is 0 Å². The van der Waals surface area contributed by atoms with Gasteiger partial charge in [-0.05, 0) is 37.0 Å². The van der Waals surface area contributed by atoms with Crippen LogP contribution in [0.2, 0.25) is 0 Å². The molecule has 0 spiro atoms. The summed E-state index contributed by atoms with van der Waals surface area (Å²) in [5.74, 6) is -1.36. The number of aryl methyl sites for hydroxylation is 1. The summed E-state index contributed by atoms with van der Waals surface area (Å²) in [4.78, 5) is 23.4. The van der Waals surface area contributed by atoms with Crippen molar-refractivity contribution in [3.8, 4) is 0 Å². The number of carbonyl (C=O) groups excluding carboxylic acids is 1. The minimum atomic E-state index is -1.06. The van der Waals surface area contributed by atoms with Gasteiger partial charge in [-0.25, -0.2) is 4.79 Å². The van der Waals surface area contributed by atoms with Crippen molar-refractivity contribution in [2.24, 2.45) is 0 Å². The van der Waals surface area contributed by atoms with Crippen LogP contribution in [0, 0.1) is 13.8 Å². The standard InChI is InChI=1S/C17H23NO4/c1-4-10-22-11-6-9-15(19)18-16(17(20)21)14-8-5-7-12(2)13(14)3/h4-5,7-8,16H,1,6,9-11H2,2-3H3,(H,18,19)(H,20,21). The second-order valence-corrected chi connectivity index (χ2v) is 5.10. The van der Waals surface area contributed by atoms with Crippen molar-refractivity contribution in [2.45, 2.75) is 32.7 Å². The van der Waals surface area contributed by atoms with Crippen LogP contribution in [-0.2, 0) is 14.3 Å². The summed E-state index contributed by atoms with van der Waals surface area (Å²) in [5, 5.41) is 12.0. The zero-order valence-electron chi connectivity index (χ0n) is 13.1. The summed E-state index contributed by atoms with van der Waals surface area (Å²) in [6, 6.07) is 4.41. The van der Waals surface area contributed by atoms with Crippen molar-refractivity contribution in [3.63, 3.8) is 0 Å². The monoisotopic (exact) mass is 305 g/mol. The molecule has 0 aliphatic carbocycles. The highest BCUT2D eigenvalue weighted by atomic mass is 16.5. The molecule has 0 saturated heterocycles. The Hall–Kier alpha value is -2.14. The Morgan fingerprint density at radius 2 is 2.14 bits per heavy atom. The minimum Gasteiger partial charge on any atom is -0.479 e. The molecule has 1 unspecified atom stereocenters. The maximum absolute atomic E-state index is 11.9. The van der Waals surface area contributed by atoms with E-state index in [-0.39, 0.29) is 12.3 Å². The third-order valence-corrected chi connectivity index (χ3v) is 3.44. The summed E-state index contributed by atoms with van der Waals surface area (Å²) in [6.45, 7) is 8.19.